The fourth-order valence-electron chi connectivity index (χ4n) is 10.2. The molecule has 0 aliphatic carbocycles. The molecule has 7 nitrogen and oxygen atoms in total. The molecule has 13 aromatic rings. The molecule has 67 heavy (non-hydrogen) atoms. The van der Waals surface area contributed by atoms with E-state index in [4.69, 9.17) is 16.5 Å². The van der Waals surface area contributed by atoms with E-state index in [2.05, 4.69) is 176 Å². The highest BCUT2D eigenvalue weighted by atomic mass is 15.1. The average molecular weight is 854 g/mol. The molecular weight excluding hydrogens is 819 g/mol. The molecule has 0 amide bonds. The van der Waals surface area contributed by atoms with Crippen LogP contribution in [0.2, 0.25) is 0 Å². The van der Waals surface area contributed by atoms with Crippen LogP contribution in [0.5, 0.6) is 0 Å². The molecule has 0 atom stereocenters. The van der Waals surface area contributed by atoms with E-state index in [1.54, 1.807) is 0 Å². The Labute approximate surface area is 384 Å². The molecule has 0 radical (unpaired) electrons. The zero-order valence-electron chi connectivity index (χ0n) is 35.8. The first-order valence-corrected chi connectivity index (χ1v) is 22.2. The highest BCUT2D eigenvalue weighted by Gasteiger charge is 2.25. The lowest BCUT2D eigenvalue weighted by Gasteiger charge is -2.16. The number of hydrogen-bond donors (Lipinski definition) is 0. The first kappa shape index (κ1) is 37.9. The molecule has 0 bridgehead atoms. The van der Waals surface area contributed by atoms with E-state index in [1.165, 1.54) is 0 Å². The normalized spacial score (nSPS) is 11.6. The number of aromatic nitrogens is 5. The molecule has 0 saturated carbocycles. The van der Waals surface area contributed by atoms with Crippen LogP contribution >= 0.6 is 0 Å². The maximum atomic E-state index is 11.0. The van der Waals surface area contributed by atoms with Gasteiger partial charge in [0.25, 0.3) is 0 Å². The van der Waals surface area contributed by atoms with Crippen molar-refractivity contribution < 1.29 is 0 Å². The summed E-state index contributed by atoms with van der Waals surface area (Å²) < 4.78 is 6.87. The standard InChI is InChI=1S/C60H35N7/c1-62-50-36-39(29-34-55(50)67-53-28-16-12-24-44(53)47-32-31-46-43-23-11-15-27-52(43)66(58(46)59(47)67)42-21-9-4-10-22-42)57-49(37-61)56(38-17-5-2-6-18-38)63-60(64-57)40-30-33-54-48(35-40)45-25-13-14-26-51(45)65(54)41-19-7-3-8-20-41/h2-36H. The van der Waals surface area contributed by atoms with Crippen LogP contribution in [-0.2, 0) is 0 Å². The highest BCUT2D eigenvalue weighted by molar-refractivity contribution is 6.24. The summed E-state index contributed by atoms with van der Waals surface area (Å²) in [4.78, 5) is 14.6. The van der Waals surface area contributed by atoms with Crippen LogP contribution in [0, 0.1) is 17.9 Å². The minimum absolute atomic E-state index is 0.339. The molecule has 0 aliphatic heterocycles. The molecule has 9 aromatic carbocycles. The quantitative estimate of drug-likeness (QED) is 0.156. The lowest BCUT2D eigenvalue weighted by molar-refractivity contribution is 1.15. The van der Waals surface area contributed by atoms with E-state index >= 15 is 0 Å². The number of para-hydroxylation sites is 5. The minimum atomic E-state index is 0.339. The monoisotopic (exact) mass is 853 g/mol. The molecule has 0 spiro atoms. The summed E-state index contributed by atoms with van der Waals surface area (Å²) in [5.74, 6) is 0.485. The van der Waals surface area contributed by atoms with Gasteiger partial charge >= 0.3 is 0 Å². The summed E-state index contributed by atoms with van der Waals surface area (Å²) in [6.45, 7) is 8.76. The number of benzene rings is 9. The third kappa shape index (κ3) is 5.76. The summed E-state index contributed by atoms with van der Waals surface area (Å²) in [5.41, 5.74) is 13.2. The molecule has 310 valence electrons. The fourth-order valence-corrected chi connectivity index (χ4v) is 10.2. The number of hydrogen-bond acceptors (Lipinski definition) is 3. The average Bonchev–Trinajstić information content (AvgIpc) is 4.04. The van der Waals surface area contributed by atoms with Gasteiger partial charge in [-0.3, -0.25) is 0 Å². The van der Waals surface area contributed by atoms with E-state index in [9.17, 15) is 5.26 Å². The van der Waals surface area contributed by atoms with Gasteiger partial charge in [-0.25, -0.2) is 14.8 Å². The lowest BCUT2D eigenvalue weighted by Crippen LogP contribution is -2.02. The number of nitriles is 1. The Kier molecular flexibility index (Phi) is 8.51. The molecule has 0 fully saturated rings. The van der Waals surface area contributed by atoms with E-state index in [-0.39, 0.29) is 0 Å². The van der Waals surface area contributed by atoms with Crippen LogP contribution < -0.4 is 0 Å². The van der Waals surface area contributed by atoms with Crippen LogP contribution in [0.4, 0.5) is 5.69 Å². The van der Waals surface area contributed by atoms with Gasteiger partial charge in [0.2, 0.25) is 5.69 Å². The van der Waals surface area contributed by atoms with Gasteiger partial charge in [0, 0.05) is 54.8 Å². The lowest BCUT2D eigenvalue weighted by atomic mass is 9.99. The molecule has 4 aromatic heterocycles. The molecule has 13 rings (SSSR count). The van der Waals surface area contributed by atoms with Crippen LogP contribution in [0.3, 0.4) is 0 Å². The number of nitrogens with zero attached hydrogens (tertiary/aromatic N) is 7. The van der Waals surface area contributed by atoms with Gasteiger partial charge in [-0.05, 0) is 78.4 Å². The van der Waals surface area contributed by atoms with E-state index < -0.39 is 0 Å². The van der Waals surface area contributed by atoms with E-state index in [1.807, 2.05) is 60.7 Å². The molecule has 7 heteroatoms. The second kappa shape index (κ2) is 15.0. The van der Waals surface area contributed by atoms with Gasteiger partial charge < -0.3 is 13.7 Å². The summed E-state index contributed by atoms with van der Waals surface area (Å²) in [6.07, 6.45) is 0. The largest absolute Gasteiger partial charge is 0.317 e. The van der Waals surface area contributed by atoms with Crippen LogP contribution in [0.25, 0.3) is 121 Å². The highest BCUT2D eigenvalue weighted by Crippen LogP contribution is 2.44. The van der Waals surface area contributed by atoms with Crippen LogP contribution in [0.1, 0.15) is 5.56 Å². The predicted molar refractivity (Wildman–Crippen MR) is 272 cm³/mol. The molecule has 0 unspecified atom stereocenters. The Bertz CT molecular complexity index is 4220. The summed E-state index contributed by atoms with van der Waals surface area (Å²) >= 11 is 0. The van der Waals surface area contributed by atoms with Crippen molar-refractivity contribution in [1.82, 2.24) is 23.7 Å². The second-order valence-corrected chi connectivity index (χ2v) is 16.7. The van der Waals surface area contributed by atoms with Crippen molar-refractivity contribution in [1.29, 1.82) is 5.26 Å². The van der Waals surface area contributed by atoms with Gasteiger partial charge in [0.15, 0.2) is 5.82 Å². The number of rotatable bonds is 6. The van der Waals surface area contributed by atoms with Crippen LogP contribution in [-0.4, -0.2) is 23.7 Å². The first-order valence-electron chi connectivity index (χ1n) is 22.2. The Morgan fingerprint density at radius 1 is 0.403 bits per heavy atom. The molecule has 0 aliphatic rings. The van der Waals surface area contributed by atoms with Crippen molar-refractivity contribution >= 4 is 71.1 Å². The van der Waals surface area contributed by atoms with Crippen molar-refractivity contribution in [3.05, 3.63) is 229 Å². The van der Waals surface area contributed by atoms with Crippen molar-refractivity contribution in [3.8, 4) is 57.0 Å². The summed E-state index contributed by atoms with van der Waals surface area (Å²) in [5, 5.41) is 17.6. The maximum Gasteiger partial charge on any atom is 0.211 e. The second-order valence-electron chi connectivity index (χ2n) is 16.7. The molecule has 0 N–H and O–H groups in total. The zero-order chi connectivity index (χ0) is 44.6. The Balaban J connectivity index is 1.05. The van der Waals surface area contributed by atoms with Gasteiger partial charge in [-0.1, -0.05) is 140 Å². The van der Waals surface area contributed by atoms with E-state index in [0.717, 1.165) is 93.6 Å². The SMILES string of the molecule is [C-]#[N+]c1cc(-c2nc(-c3ccc4c(c3)c3ccccc3n4-c3ccccc3)nc(-c3ccccc3)c2C#N)ccc1-n1c2ccccc2c2ccc3c4ccccc4n(-c4ccccc4)c3c21. The molecular formula is C60H35N7. The third-order valence-electron chi connectivity index (χ3n) is 13.1. The van der Waals surface area contributed by atoms with Gasteiger partial charge in [0.05, 0.1) is 56.7 Å². The summed E-state index contributed by atoms with van der Waals surface area (Å²) in [6, 6.07) is 75.2. The topological polar surface area (TPSA) is 68.7 Å². The number of fused-ring (bicyclic) bond motifs is 10. The third-order valence-corrected chi connectivity index (χ3v) is 13.1. The Morgan fingerprint density at radius 3 is 1.49 bits per heavy atom. The predicted octanol–water partition coefficient (Wildman–Crippen LogP) is 15.2. The van der Waals surface area contributed by atoms with Gasteiger partial charge in [0.1, 0.15) is 11.6 Å². The van der Waals surface area contributed by atoms with Crippen molar-refractivity contribution in [2.75, 3.05) is 0 Å². The fraction of sp³-hybridized carbons (Fsp3) is 0. The zero-order valence-corrected chi connectivity index (χ0v) is 35.8. The minimum Gasteiger partial charge on any atom is -0.317 e. The van der Waals surface area contributed by atoms with E-state index in [0.29, 0.717) is 34.0 Å². The van der Waals surface area contributed by atoms with Crippen molar-refractivity contribution in [3.63, 3.8) is 0 Å². The Hall–Kier alpha value is -9.56. The smallest absolute Gasteiger partial charge is 0.211 e. The van der Waals surface area contributed by atoms with Crippen molar-refractivity contribution in [2.45, 2.75) is 0 Å². The molecule has 4 heterocycles. The van der Waals surface area contributed by atoms with Gasteiger partial charge in [-0.15, -0.1) is 0 Å². The van der Waals surface area contributed by atoms with Gasteiger partial charge in [-0.2, -0.15) is 5.26 Å². The molecule has 0 saturated heterocycles. The Morgan fingerprint density at radius 2 is 0.881 bits per heavy atom. The van der Waals surface area contributed by atoms with Crippen LogP contribution in [0.15, 0.2) is 212 Å². The summed E-state index contributed by atoms with van der Waals surface area (Å²) in [7, 11) is 0. The van der Waals surface area contributed by atoms with Crippen molar-refractivity contribution in [2.24, 2.45) is 0 Å². The first-order chi connectivity index (χ1) is 33.2. The maximum absolute atomic E-state index is 11.0.